The summed E-state index contributed by atoms with van der Waals surface area (Å²) in [6, 6.07) is 5.86. The number of anilines is 1. The van der Waals surface area contributed by atoms with Gasteiger partial charge in [0.2, 0.25) is 11.8 Å². The molecule has 0 spiro atoms. The minimum Gasteiger partial charge on any atom is -0.330 e. The fourth-order valence-electron chi connectivity index (χ4n) is 4.07. The molecule has 1 N–H and O–H groups in total. The van der Waals surface area contributed by atoms with Gasteiger partial charge in [-0.2, -0.15) is 11.8 Å². The Balaban J connectivity index is 1.43. The highest BCUT2D eigenvalue weighted by molar-refractivity contribution is 7.99. The lowest BCUT2D eigenvalue weighted by Crippen LogP contribution is -2.43. The Morgan fingerprint density at radius 1 is 1.15 bits per heavy atom. The Labute approximate surface area is 165 Å². The molecule has 4 rings (SSSR count). The van der Waals surface area contributed by atoms with E-state index in [1.807, 2.05) is 28.8 Å². The zero-order valence-electron chi connectivity index (χ0n) is 16.1. The predicted molar refractivity (Wildman–Crippen MR) is 110 cm³/mol. The third-order valence-electron chi connectivity index (χ3n) is 5.97. The molecule has 1 aromatic rings. The second-order valence-corrected chi connectivity index (χ2v) is 9.16. The molecular weight excluding hydrogens is 358 g/mol. The van der Waals surface area contributed by atoms with Crippen LogP contribution in [-0.2, 0) is 16.1 Å². The minimum atomic E-state index is -0.305. The van der Waals surface area contributed by atoms with Crippen LogP contribution in [0.1, 0.15) is 36.8 Å². The Morgan fingerprint density at radius 3 is 2.67 bits per heavy atom. The van der Waals surface area contributed by atoms with Gasteiger partial charge in [0.15, 0.2) is 0 Å². The first-order valence-electron chi connectivity index (χ1n) is 10.1. The zero-order valence-corrected chi connectivity index (χ0v) is 16.9. The summed E-state index contributed by atoms with van der Waals surface area (Å²) in [5.74, 6) is 2.72. The Bertz CT molecular complexity index is 713. The summed E-state index contributed by atoms with van der Waals surface area (Å²) >= 11 is 2.02. The minimum absolute atomic E-state index is 0.0314. The van der Waals surface area contributed by atoms with Gasteiger partial charge in [0.05, 0.1) is 0 Å². The molecule has 2 saturated heterocycles. The molecule has 3 fully saturated rings. The molecule has 27 heavy (non-hydrogen) atoms. The normalized spacial score (nSPS) is 23.4. The van der Waals surface area contributed by atoms with Crippen molar-refractivity contribution in [3.63, 3.8) is 0 Å². The van der Waals surface area contributed by atoms with Gasteiger partial charge in [-0.05, 0) is 49.8 Å². The summed E-state index contributed by atoms with van der Waals surface area (Å²) in [6.07, 6.45) is 3.66. The van der Waals surface area contributed by atoms with E-state index in [1.54, 1.807) is 0 Å². The highest BCUT2D eigenvalue weighted by Crippen LogP contribution is 2.34. The van der Waals surface area contributed by atoms with Crippen molar-refractivity contribution in [1.82, 2.24) is 9.80 Å². The van der Waals surface area contributed by atoms with Crippen LogP contribution in [0.3, 0.4) is 0 Å². The van der Waals surface area contributed by atoms with Crippen molar-refractivity contribution >= 4 is 29.3 Å². The zero-order chi connectivity index (χ0) is 18.8. The van der Waals surface area contributed by atoms with E-state index in [4.69, 9.17) is 0 Å². The molecule has 6 heteroatoms. The smallest absolute Gasteiger partial charge is 0.247 e. The Kier molecular flexibility index (Phi) is 5.74. The van der Waals surface area contributed by atoms with Crippen molar-refractivity contribution in [3.8, 4) is 0 Å². The summed E-state index contributed by atoms with van der Waals surface area (Å²) in [7, 11) is 0. The third-order valence-corrected chi connectivity index (χ3v) is 6.91. The molecule has 1 unspecified atom stereocenters. The molecule has 146 valence electrons. The lowest BCUT2D eigenvalue weighted by Gasteiger charge is -2.27. The van der Waals surface area contributed by atoms with Gasteiger partial charge in [-0.25, -0.2) is 0 Å². The number of nitrogens with zero attached hydrogens (tertiary/aromatic N) is 2. The lowest BCUT2D eigenvalue weighted by atomic mass is 10.1. The van der Waals surface area contributed by atoms with Crippen LogP contribution in [-0.4, -0.2) is 58.8 Å². The van der Waals surface area contributed by atoms with E-state index in [9.17, 15) is 9.59 Å². The van der Waals surface area contributed by atoms with Gasteiger partial charge in [-0.15, -0.1) is 0 Å². The highest BCUT2D eigenvalue weighted by atomic mass is 32.2. The van der Waals surface area contributed by atoms with Crippen LogP contribution >= 0.6 is 11.8 Å². The monoisotopic (exact) mass is 387 g/mol. The molecule has 1 aromatic carbocycles. The van der Waals surface area contributed by atoms with Crippen LogP contribution in [0.2, 0.25) is 0 Å². The van der Waals surface area contributed by atoms with E-state index < -0.39 is 0 Å². The first kappa shape index (κ1) is 18.8. The predicted octanol–water partition coefficient (Wildman–Crippen LogP) is 2.88. The van der Waals surface area contributed by atoms with Crippen molar-refractivity contribution < 1.29 is 9.59 Å². The molecule has 1 atom stereocenters. The molecule has 3 aliphatic rings. The number of amides is 2. The molecule has 1 aliphatic carbocycles. The number of thioether (sulfide) groups is 1. The van der Waals surface area contributed by atoms with Crippen molar-refractivity contribution in [2.75, 3.05) is 36.5 Å². The van der Waals surface area contributed by atoms with Gasteiger partial charge in [0, 0.05) is 49.3 Å². The van der Waals surface area contributed by atoms with E-state index >= 15 is 0 Å². The second kappa shape index (κ2) is 8.23. The highest BCUT2D eigenvalue weighted by Gasteiger charge is 2.40. The van der Waals surface area contributed by atoms with Gasteiger partial charge in [0.1, 0.15) is 6.04 Å². The molecule has 2 amide bonds. The van der Waals surface area contributed by atoms with E-state index in [2.05, 4.69) is 23.2 Å². The summed E-state index contributed by atoms with van der Waals surface area (Å²) in [6.45, 7) is 6.00. The molecule has 0 aromatic heterocycles. The number of rotatable bonds is 5. The quantitative estimate of drug-likeness (QED) is 0.844. The Morgan fingerprint density at radius 2 is 1.93 bits per heavy atom. The van der Waals surface area contributed by atoms with Crippen molar-refractivity contribution in [1.29, 1.82) is 0 Å². The first-order chi connectivity index (χ1) is 13.1. The van der Waals surface area contributed by atoms with E-state index in [0.29, 0.717) is 0 Å². The van der Waals surface area contributed by atoms with E-state index in [0.717, 1.165) is 63.1 Å². The molecule has 2 heterocycles. The molecule has 5 nitrogen and oxygen atoms in total. The van der Waals surface area contributed by atoms with Crippen LogP contribution in [0.4, 0.5) is 5.69 Å². The maximum absolute atomic E-state index is 12.9. The molecule has 2 aliphatic heterocycles. The lowest BCUT2D eigenvalue weighted by molar-refractivity contribution is -0.137. The second-order valence-electron chi connectivity index (χ2n) is 7.93. The van der Waals surface area contributed by atoms with Gasteiger partial charge in [-0.1, -0.05) is 12.1 Å². The van der Waals surface area contributed by atoms with Gasteiger partial charge >= 0.3 is 0 Å². The largest absolute Gasteiger partial charge is 0.330 e. The Hall–Kier alpha value is -1.53. The number of likely N-dealkylation sites (tertiary alicyclic amines) is 1. The van der Waals surface area contributed by atoms with Gasteiger partial charge < -0.3 is 10.2 Å². The maximum atomic E-state index is 12.9. The molecular formula is C21H29N3O2S. The van der Waals surface area contributed by atoms with Crippen LogP contribution in [0.25, 0.3) is 0 Å². The van der Waals surface area contributed by atoms with Crippen molar-refractivity contribution in [2.24, 2.45) is 5.92 Å². The van der Waals surface area contributed by atoms with Crippen LogP contribution in [0, 0.1) is 12.8 Å². The molecule has 0 radical (unpaired) electrons. The number of nitrogens with one attached hydrogen (secondary N) is 1. The topological polar surface area (TPSA) is 52.7 Å². The number of hydrogen-bond acceptors (Lipinski definition) is 4. The number of carbonyl (C=O) groups excluding carboxylic acids is 2. The van der Waals surface area contributed by atoms with Crippen LogP contribution < -0.4 is 5.32 Å². The fourth-order valence-corrected chi connectivity index (χ4v) is 5.05. The summed E-state index contributed by atoms with van der Waals surface area (Å²) in [5.41, 5.74) is 3.30. The number of hydrogen-bond donors (Lipinski definition) is 1. The summed E-state index contributed by atoms with van der Waals surface area (Å²) in [4.78, 5) is 29.7. The standard InChI is InChI=1S/C21H29N3O2S/c1-15-17(14-23-10-12-27-13-11-23)4-2-5-18(15)22-20(25)19-6-3-9-24(19)21(26)16-7-8-16/h2,4-5,16,19H,3,6-14H2,1H3,(H,22,25). The van der Waals surface area contributed by atoms with Crippen molar-refractivity contribution in [3.05, 3.63) is 29.3 Å². The van der Waals surface area contributed by atoms with Crippen molar-refractivity contribution in [2.45, 2.75) is 45.2 Å². The van der Waals surface area contributed by atoms with E-state index in [1.165, 1.54) is 17.1 Å². The summed E-state index contributed by atoms with van der Waals surface area (Å²) < 4.78 is 0. The van der Waals surface area contributed by atoms with Crippen LogP contribution in [0.5, 0.6) is 0 Å². The number of benzene rings is 1. The third kappa shape index (κ3) is 4.32. The van der Waals surface area contributed by atoms with E-state index in [-0.39, 0.29) is 23.8 Å². The van der Waals surface area contributed by atoms with Gasteiger partial charge in [0.25, 0.3) is 0 Å². The molecule has 1 saturated carbocycles. The molecule has 0 bridgehead atoms. The number of carbonyl (C=O) groups is 2. The van der Waals surface area contributed by atoms with Crippen LogP contribution in [0.15, 0.2) is 18.2 Å². The first-order valence-corrected chi connectivity index (χ1v) is 11.3. The van der Waals surface area contributed by atoms with Gasteiger partial charge in [-0.3, -0.25) is 14.5 Å². The summed E-state index contributed by atoms with van der Waals surface area (Å²) in [5, 5.41) is 3.12. The SMILES string of the molecule is Cc1c(CN2CCSCC2)cccc1NC(=O)C1CCCN1C(=O)C1CC1. The average molecular weight is 388 g/mol. The average Bonchev–Trinajstić information content (AvgIpc) is 3.41. The fraction of sp³-hybridized carbons (Fsp3) is 0.619. The maximum Gasteiger partial charge on any atom is 0.247 e.